The first-order valence-corrected chi connectivity index (χ1v) is 5.97. The summed E-state index contributed by atoms with van der Waals surface area (Å²) in [6.07, 6.45) is 0. The lowest BCUT2D eigenvalue weighted by Crippen LogP contribution is -2.52. The molecule has 0 unspecified atom stereocenters. The van der Waals surface area contributed by atoms with Gasteiger partial charge >= 0.3 is 0 Å². The molecule has 1 heterocycles. The SMILES string of the molecule is C[C@@H]1CNCCN1C(=O)c1cc(Cl)ccc1O. The molecule has 1 saturated heterocycles. The third-order valence-corrected chi connectivity index (χ3v) is 3.19. The monoisotopic (exact) mass is 254 g/mol. The highest BCUT2D eigenvalue weighted by molar-refractivity contribution is 6.31. The Hall–Kier alpha value is -1.26. The van der Waals surface area contributed by atoms with Crippen LogP contribution in [-0.4, -0.2) is 41.6 Å². The molecule has 2 N–H and O–H groups in total. The van der Waals surface area contributed by atoms with E-state index in [0.717, 1.165) is 13.1 Å². The van der Waals surface area contributed by atoms with Crippen molar-refractivity contribution in [3.05, 3.63) is 28.8 Å². The Kier molecular flexibility index (Phi) is 3.54. The first-order valence-electron chi connectivity index (χ1n) is 5.60. The van der Waals surface area contributed by atoms with Gasteiger partial charge in [-0.2, -0.15) is 0 Å². The maximum Gasteiger partial charge on any atom is 0.257 e. The van der Waals surface area contributed by atoms with Crippen molar-refractivity contribution < 1.29 is 9.90 Å². The Morgan fingerprint density at radius 2 is 2.35 bits per heavy atom. The summed E-state index contributed by atoms with van der Waals surface area (Å²) >= 11 is 5.84. The van der Waals surface area contributed by atoms with Crippen molar-refractivity contribution in [1.29, 1.82) is 0 Å². The number of halogens is 1. The number of rotatable bonds is 1. The van der Waals surface area contributed by atoms with Gasteiger partial charge in [0.15, 0.2) is 0 Å². The number of nitrogens with one attached hydrogen (secondary N) is 1. The minimum Gasteiger partial charge on any atom is -0.507 e. The molecule has 0 radical (unpaired) electrons. The molecular weight excluding hydrogens is 240 g/mol. The number of phenols is 1. The summed E-state index contributed by atoms with van der Waals surface area (Å²) in [6.45, 7) is 4.17. The average molecular weight is 255 g/mol. The molecule has 92 valence electrons. The number of phenolic OH excluding ortho intramolecular Hbond substituents is 1. The van der Waals surface area contributed by atoms with E-state index in [1.165, 1.54) is 12.1 Å². The Labute approximate surface area is 105 Å². The lowest BCUT2D eigenvalue weighted by molar-refractivity contribution is 0.0652. The third-order valence-electron chi connectivity index (χ3n) is 2.95. The van der Waals surface area contributed by atoms with Crippen LogP contribution in [0.3, 0.4) is 0 Å². The van der Waals surface area contributed by atoms with E-state index in [1.807, 2.05) is 6.92 Å². The van der Waals surface area contributed by atoms with Crippen molar-refractivity contribution in [3.63, 3.8) is 0 Å². The molecule has 0 bridgehead atoms. The van der Waals surface area contributed by atoms with E-state index in [-0.39, 0.29) is 23.3 Å². The fraction of sp³-hybridized carbons (Fsp3) is 0.417. The van der Waals surface area contributed by atoms with E-state index in [1.54, 1.807) is 11.0 Å². The van der Waals surface area contributed by atoms with Crippen LogP contribution in [0, 0.1) is 0 Å². The van der Waals surface area contributed by atoms with Gasteiger partial charge in [-0.3, -0.25) is 4.79 Å². The zero-order valence-electron chi connectivity index (χ0n) is 9.61. The standard InChI is InChI=1S/C12H15ClN2O2/c1-8-7-14-4-5-15(8)12(17)10-6-9(13)2-3-11(10)16/h2-3,6,8,14,16H,4-5,7H2,1H3/t8-/m1/s1. The summed E-state index contributed by atoms with van der Waals surface area (Å²) in [4.78, 5) is 14.0. The maximum absolute atomic E-state index is 12.3. The number of carbonyl (C=O) groups is 1. The minimum absolute atomic E-state index is 0.0230. The minimum atomic E-state index is -0.168. The molecule has 0 saturated carbocycles. The molecule has 0 aromatic heterocycles. The second kappa shape index (κ2) is 4.94. The second-order valence-corrected chi connectivity index (χ2v) is 4.65. The summed E-state index contributed by atoms with van der Waals surface area (Å²) < 4.78 is 0. The average Bonchev–Trinajstić information content (AvgIpc) is 2.32. The predicted octanol–water partition coefficient (Wildman–Crippen LogP) is 1.48. The number of piperazine rings is 1. The third kappa shape index (κ3) is 2.53. The zero-order chi connectivity index (χ0) is 12.4. The van der Waals surface area contributed by atoms with Crippen LogP contribution in [0.1, 0.15) is 17.3 Å². The smallest absolute Gasteiger partial charge is 0.257 e. The van der Waals surface area contributed by atoms with Gasteiger partial charge in [-0.1, -0.05) is 11.6 Å². The molecule has 0 spiro atoms. The fourth-order valence-corrected chi connectivity index (χ4v) is 2.15. The summed E-state index contributed by atoms with van der Waals surface area (Å²) in [5.74, 6) is -0.191. The fourth-order valence-electron chi connectivity index (χ4n) is 1.98. The van der Waals surface area contributed by atoms with Crippen molar-refractivity contribution in [1.82, 2.24) is 10.2 Å². The summed E-state index contributed by atoms with van der Waals surface area (Å²) in [5, 5.41) is 13.4. The van der Waals surface area contributed by atoms with Gasteiger partial charge in [0, 0.05) is 30.7 Å². The van der Waals surface area contributed by atoms with Crippen LogP contribution in [0.4, 0.5) is 0 Å². The summed E-state index contributed by atoms with van der Waals surface area (Å²) in [5.41, 5.74) is 0.270. The van der Waals surface area contributed by atoms with E-state index < -0.39 is 0 Å². The highest BCUT2D eigenvalue weighted by Gasteiger charge is 2.25. The number of benzene rings is 1. The van der Waals surface area contributed by atoms with Crippen LogP contribution in [0.5, 0.6) is 5.75 Å². The molecule has 2 rings (SSSR count). The van der Waals surface area contributed by atoms with Gasteiger partial charge in [-0.05, 0) is 25.1 Å². The highest BCUT2D eigenvalue weighted by Crippen LogP contribution is 2.23. The first kappa shape index (κ1) is 12.2. The highest BCUT2D eigenvalue weighted by atomic mass is 35.5. The van der Waals surface area contributed by atoms with Crippen LogP contribution in [0.15, 0.2) is 18.2 Å². The van der Waals surface area contributed by atoms with E-state index >= 15 is 0 Å². The number of hydrogen-bond donors (Lipinski definition) is 2. The van der Waals surface area contributed by atoms with Gasteiger partial charge < -0.3 is 15.3 Å². The van der Waals surface area contributed by atoms with Crippen LogP contribution >= 0.6 is 11.6 Å². The number of carbonyl (C=O) groups excluding carboxylic acids is 1. The van der Waals surface area contributed by atoms with Crippen LogP contribution in [0.2, 0.25) is 5.02 Å². The quantitative estimate of drug-likeness (QED) is 0.798. The Morgan fingerprint density at radius 1 is 1.59 bits per heavy atom. The molecule has 1 aromatic rings. The molecule has 1 aromatic carbocycles. The van der Waals surface area contributed by atoms with E-state index in [9.17, 15) is 9.90 Å². The normalized spacial score (nSPS) is 20.4. The topological polar surface area (TPSA) is 52.6 Å². The number of hydrogen-bond acceptors (Lipinski definition) is 3. The molecule has 17 heavy (non-hydrogen) atoms. The van der Waals surface area contributed by atoms with Gasteiger partial charge in [0.1, 0.15) is 5.75 Å². The molecule has 1 aliphatic rings. The molecular formula is C12H15ClN2O2. The Bertz CT molecular complexity index is 437. The van der Waals surface area contributed by atoms with E-state index in [4.69, 9.17) is 11.6 Å². The predicted molar refractivity (Wildman–Crippen MR) is 66.5 cm³/mol. The zero-order valence-corrected chi connectivity index (χ0v) is 10.4. The first-order chi connectivity index (χ1) is 8.09. The molecule has 4 nitrogen and oxygen atoms in total. The van der Waals surface area contributed by atoms with Crippen molar-refractivity contribution in [2.24, 2.45) is 0 Å². The molecule has 0 aliphatic carbocycles. The molecule has 1 amide bonds. The molecule has 1 aliphatic heterocycles. The molecule has 1 atom stereocenters. The Morgan fingerprint density at radius 3 is 3.06 bits per heavy atom. The van der Waals surface area contributed by atoms with Crippen LogP contribution in [0.25, 0.3) is 0 Å². The molecule has 5 heteroatoms. The lowest BCUT2D eigenvalue weighted by Gasteiger charge is -2.34. The largest absolute Gasteiger partial charge is 0.507 e. The van der Waals surface area contributed by atoms with E-state index in [2.05, 4.69) is 5.32 Å². The van der Waals surface area contributed by atoms with Crippen molar-refractivity contribution in [3.8, 4) is 5.75 Å². The number of nitrogens with zero attached hydrogens (tertiary/aromatic N) is 1. The summed E-state index contributed by atoms with van der Waals surface area (Å²) in [7, 11) is 0. The maximum atomic E-state index is 12.3. The summed E-state index contributed by atoms with van der Waals surface area (Å²) in [6, 6.07) is 4.64. The van der Waals surface area contributed by atoms with Gasteiger partial charge in [-0.15, -0.1) is 0 Å². The molecule has 1 fully saturated rings. The van der Waals surface area contributed by atoms with Crippen molar-refractivity contribution in [2.45, 2.75) is 13.0 Å². The number of aromatic hydroxyl groups is 1. The van der Waals surface area contributed by atoms with Crippen molar-refractivity contribution >= 4 is 17.5 Å². The van der Waals surface area contributed by atoms with Gasteiger partial charge in [0.2, 0.25) is 0 Å². The van der Waals surface area contributed by atoms with Crippen LogP contribution < -0.4 is 5.32 Å². The van der Waals surface area contributed by atoms with Crippen LogP contribution in [-0.2, 0) is 0 Å². The van der Waals surface area contributed by atoms with Gasteiger partial charge in [-0.25, -0.2) is 0 Å². The van der Waals surface area contributed by atoms with Gasteiger partial charge in [0.25, 0.3) is 5.91 Å². The Balaban J connectivity index is 2.26. The van der Waals surface area contributed by atoms with E-state index in [0.29, 0.717) is 11.6 Å². The number of amides is 1. The second-order valence-electron chi connectivity index (χ2n) is 4.21. The van der Waals surface area contributed by atoms with Crippen molar-refractivity contribution in [2.75, 3.05) is 19.6 Å². The van der Waals surface area contributed by atoms with Gasteiger partial charge in [0.05, 0.1) is 5.56 Å². The lowest BCUT2D eigenvalue weighted by atomic mass is 10.1.